The van der Waals surface area contributed by atoms with Crippen molar-refractivity contribution in [3.8, 4) is 28.4 Å². The van der Waals surface area contributed by atoms with Crippen LogP contribution in [0.3, 0.4) is 0 Å². The Kier molecular flexibility index (Phi) is 5.69. The zero-order chi connectivity index (χ0) is 28.9. The molecule has 2 aromatic heterocycles. The molecule has 0 unspecified atom stereocenters. The Balaban J connectivity index is 1.33. The first-order valence-electron chi connectivity index (χ1n) is 14.1. The normalized spacial score (nSPS) is 11.8. The predicted molar refractivity (Wildman–Crippen MR) is 176 cm³/mol. The number of nitrogens with zero attached hydrogens (tertiary/aromatic N) is 3. The molecule has 0 aliphatic heterocycles. The lowest BCUT2D eigenvalue weighted by Gasteiger charge is -2.11. The van der Waals surface area contributed by atoms with Crippen molar-refractivity contribution in [2.75, 3.05) is 0 Å². The van der Waals surface area contributed by atoms with Crippen LogP contribution in [0.1, 0.15) is 5.69 Å². The van der Waals surface area contributed by atoms with Crippen molar-refractivity contribution in [3.05, 3.63) is 139 Å². The molecule has 204 valence electrons. The number of aromatic hydroxyl groups is 2. The van der Waals surface area contributed by atoms with Crippen molar-refractivity contribution in [3.63, 3.8) is 0 Å². The number of aliphatic imine (C=N–C) groups is 1. The molecule has 43 heavy (non-hydrogen) atoms. The summed E-state index contributed by atoms with van der Waals surface area (Å²) < 4.78 is 2.18. The topological polar surface area (TPSA) is 70.6 Å². The maximum Gasteiger partial charge on any atom is 0.127 e. The first-order valence-corrected chi connectivity index (χ1v) is 14.1. The van der Waals surface area contributed by atoms with Gasteiger partial charge in [-0.2, -0.15) is 0 Å². The number of phenolic OH excluding ortho intramolecular Hbond substituents is 2. The van der Waals surface area contributed by atoms with Gasteiger partial charge in [-0.05, 0) is 53.2 Å². The molecule has 0 radical (unpaired) electrons. The van der Waals surface area contributed by atoms with Gasteiger partial charge in [0, 0.05) is 38.9 Å². The van der Waals surface area contributed by atoms with Crippen LogP contribution in [0.4, 0.5) is 5.69 Å². The Morgan fingerprint density at radius 1 is 0.581 bits per heavy atom. The lowest BCUT2D eigenvalue weighted by atomic mass is 10.0. The van der Waals surface area contributed by atoms with E-state index in [0.717, 1.165) is 43.7 Å². The molecular weight excluding hydrogens is 530 g/mol. The van der Waals surface area contributed by atoms with E-state index in [9.17, 15) is 10.2 Å². The van der Waals surface area contributed by atoms with Gasteiger partial charge in [0.2, 0.25) is 0 Å². The Labute approximate surface area is 247 Å². The SMILES string of the molecule is Oc1cc2c(cc1-c1cc3ccccc3c(C=Nc3cccc4cccc(O)c34)n1)c1ccccc1n2-c1ccccc1. The van der Waals surface area contributed by atoms with Gasteiger partial charge in [0.15, 0.2) is 0 Å². The van der Waals surface area contributed by atoms with E-state index in [4.69, 9.17) is 9.98 Å². The van der Waals surface area contributed by atoms with Gasteiger partial charge in [0.05, 0.1) is 34.3 Å². The molecule has 6 aromatic carbocycles. The fourth-order valence-electron chi connectivity index (χ4n) is 6.07. The van der Waals surface area contributed by atoms with Crippen LogP contribution in [0, 0.1) is 0 Å². The van der Waals surface area contributed by atoms with E-state index < -0.39 is 0 Å². The number of hydrogen-bond acceptors (Lipinski definition) is 4. The summed E-state index contributed by atoms with van der Waals surface area (Å²) in [6.07, 6.45) is 1.74. The predicted octanol–water partition coefficient (Wildman–Crippen LogP) is 9.31. The quantitative estimate of drug-likeness (QED) is 0.213. The Morgan fingerprint density at radius 2 is 1.30 bits per heavy atom. The monoisotopic (exact) mass is 555 g/mol. The van der Waals surface area contributed by atoms with E-state index in [2.05, 4.69) is 28.8 Å². The van der Waals surface area contributed by atoms with Gasteiger partial charge in [-0.3, -0.25) is 4.99 Å². The number of para-hydroxylation sites is 2. The lowest BCUT2D eigenvalue weighted by Crippen LogP contribution is -1.95. The van der Waals surface area contributed by atoms with Gasteiger partial charge in [-0.15, -0.1) is 0 Å². The Bertz CT molecular complexity index is 2370. The fourth-order valence-corrected chi connectivity index (χ4v) is 6.07. The third kappa shape index (κ3) is 4.10. The van der Waals surface area contributed by atoms with Crippen molar-refractivity contribution >= 4 is 55.3 Å². The molecule has 8 rings (SSSR count). The average molecular weight is 556 g/mol. The second-order valence-electron chi connectivity index (χ2n) is 10.6. The van der Waals surface area contributed by atoms with Crippen molar-refractivity contribution in [2.24, 2.45) is 4.99 Å². The third-order valence-corrected chi connectivity index (χ3v) is 8.04. The van der Waals surface area contributed by atoms with Crippen LogP contribution < -0.4 is 0 Å². The molecule has 0 saturated heterocycles. The maximum atomic E-state index is 11.5. The third-order valence-electron chi connectivity index (χ3n) is 8.04. The molecule has 2 heterocycles. The second kappa shape index (κ2) is 9.86. The highest BCUT2D eigenvalue weighted by molar-refractivity contribution is 6.11. The molecular formula is C38H25N3O2. The van der Waals surface area contributed by atoms with E-state index in [0.29, 0.717) is 28.0 Å². The minimum Gasteiger partial charge on any atom is -0.507 e. The van der Waals surface area contributed by atoms with Crippen LogP contribution in [-0.2, 0) is 0 Å². The fraction of sp³-hybridized carbons (Fsp3) is 0. The van der Waals surface area contributed by atoms with E-state index >= 15 is 0 Å². The molecule has 0 saturated carbocycles. The summed E-state index contributed by atoms with van der Waals surface area (Å²) in [6, 6.07) is 43.6. The minimum atomic E-state index is 0.150. The highest BCUT2D eigenvalue weighted by Crippen LogP contribution is 2.40. The lowest BCUT2D eigenvalue weighted by molar-refractivity contribution is 0.477. The number of pyridine rings is 1. The maximum absolute atomic E-state index is 11.5. The largest absolute Gasteiger partial charge is 0.507 e. The van der Waals surface area contributed by atoms with Crippen molar-refractivity contribution in [2.45, 2.75) is 0 Å². The molecule has 0 aliphatic carbocycles. The van der Waals surface area contributed by atoms with E-state index in [1.807, 2.05) is 103 Å². The first kappa shape index (κ1) is 24.8. The highest BCUT2D eigenvalue weighted by Gasteiger charge is 2.17. The van der Waals surface area contributed by atoms with Crippen LogP contribution in [0.2, 0.25) is 0 Å². The number of benzene rings is 6. The van der Waals surface area contributed by atoms with Gasteiger partial charge in [0.25, 0.3) is 0 Å². The first-order chi connectivity index (χ1) is 21.2. The smallest absolute Gasteiger partial charge is 0.127 e. The molecule has 0 amide bonds. The summed E-state index contributed by atoms with van der Waals surface area (Å²) >= 11 is 0. The van der Waals surface area contributed by atoms with Crippen LogP contribution >= 0.6 is 0 Å². The van der Waals surface area contributed by atoms with Crippen LogP contribution in [0.15, 0.2) is 138 Å². The number of aromatic nitrogens is 2. The van der Waals surface area contributed by atoms with Gasteiger partial charge in [-0.1, -0.05) is 84.9 Å². The standard InChI is InChI=1S/C38H25N3O2/c42-36-19-9-12-24-11-8-17-31(38(24)36)39-23-33-27-15-5-4-10-25(27)20-32(40-33)30-21-29-28-16-6-7-18-34(28)41(35(29)22-37(30)43)26-13-2-1-3-14-26/h1-23,42-43H. The second-order valence-corrected chi connectivity index (χ2v) is 10.6. The van der Waals surface area contributed by atoms with Gasteiger partial charge < -0.3 is 14.8 Å². The summed E-state index contributed by atoms with van der Waals surface area (Å²) in [4.78, 5) is 9.81. The van der Waals surface area contributed by atoms with Crippen molar-refractivity contribution in [1.29, 1.82) is 0 Å². The number of rotatable bonds is 4. The average Bonchev–Trinajstić information content (AvgIpc) is 3.36. The molecule has 5 heteroatoms. The van der Waals surface area contributed by atoms with E-state index in [-0.39, 0.29) is 11.5 Å². The Hall–Kier alpha value is -5.94. The molecule has 0 spiro atoms. The van der Waals surface area contributed by atoms with Gasteiger partial charge in [-0.25, -0.2) is 4.98 Å². The molecule has 8 aromatic rings. The van der Waals surface area contributed by atoms with Crippen LogP contribution in [-0.4, -0.2) is 26.0 Å². The molecule has 0 aliphatic rings. The summed E-state index contributed by atoms with van der Waals surface area (Å²) in [6.45, 7) is 0. The van der Waals surface area contributed by atoms with Crippen LogP contribution in [0.5, 0.6) is 11.5 Å². The minimum absolute atomic E-state index is 0.150. The van der Waals surface area contributed by atoms with E-state index in [1.165, 1.54) is 0 Å². The summed E-state index contributed by atoms with van der Waals surface area (Å²) in [5.74, 6) is 0.335. The van der Waals surface area contributed by atoms with Gasteiger partial charge >= 0.3 is 0 Å². The summed E-state index contributed by atoms with van der Waals surface area (Å²) in [7, 11) is 0. The molecule has 0 bridgehead atoms. The number of fused-ring (bicyclic) bond motifs is 5. The Morgan fingerprint density at radius 3 is 2.16 bits per heavy atom. The van der Waals surface area contributed by atoms with E-state index in [1.54, 1.807) is 12.3 Å². The van der Waals surface area contributed by atoms with Crippen LogP contribution in [0.25, 0.3) is 60.3 Å². The molecule has 0 atom stereocenters. The molecule has 5 nitrogen and oxygen atoms in total. The molecule has 0 fully saturated rings. The zero-order valence-electron chi connectivity index (χ0n) is 23.0. The summed E-state index contributed by atoms with van der Waals surface area (Å²) in [5, 5.41) is 27.7. The number of phenols is 2. The van der Waals surface area contributed by atoms with Crippen molar-refractivity contribution in [1.82, 2.24) is 9.55 Å². The highest BCUT2D eigenvalue weighted by atomic mass is 16.3. The molecule has 2 N–H and O–H groups in total. The van der Waals surface area contributed by atoms with Crippen molar-refractivity contribution < 1.29 is 10.2 Å². The summed E-state index contributed by atoms with van der Waals surface area (Å²) in [5.41, 5.74) is 5.65. The van der Waals surface area contributed by atoms with Gasteiger partial charge in [0.1, 0.15) is 11.5 Å². The zero-order valence-corrected chi connectivity index (χ0v) is 23.0. The number of hydrogen-bond donors (Lipinski definition) is 2.